The Morgan fingerprint density at radius 3 is 0.882 bits per heavy atom. The Hall–Kier alpha value is -3.80. The molecule has 0 atom stereocenters. The van der Waals surface area contributed by atoms with Crippen molar-refractivity contribution in [2.45, 2.75) is 93.4 Å². The summed E-state index contributed by atoms with van der Waals surface area (Å²) >= 11 is 4.54. The van der Waals surface area contributed by atoms with Gasteiger partial charge < -0.3 is 24.8 Å². The van der Waals surface area contributed by atoms with Gasteiger partial charge in [-0.25, -0.2) is 0 Å². The van der Waals surface area contributed by atoms with Gasteiger partial charge in [-0.2, -0.15) is 24.3 Å². The Morgan fingerprint density at radius 2 is 0.603 bits per heavy atom. The first-order valence-electron chi connectivity index (χ1n) is 23.3. The normalized spacial score (nSPS) is 10.3. The molecule has 0 heterocycles. The van der Waals surface area contributed by atoms with E-state index in [-0.39, 0.29) is 37.2 Å². The van der Waals surface area contributed by atoms with E-state index in [1.807, 2.05) is 0 Å². The van der Waals surface area contributed by atoms with Gasteiger partial charge in [0.1, 0.15) is 0 Å². The van der Waals surface area contributed by atoms with Crippen LogP contribution in [0.15, 0.2) is 182 Å². The van der Waals surface area contributed by atoms with E-state index in [0.717, 1.165) is 0 Å². The Morgan fingerprint density at radius 1 is 0.353 bits per heavy atom. The maximum Gasteiger partial charge on any atom is -0.0279 e. The van der Waals surface area contributed by atoms with Gasteiger partial charge in [0.25, 0.3) is 0 Å². The molecule has 10 rings (SSSR count). The summed E-state index contributed by atoms with van der Waals surface area (Å²) in [5.41, 5.74) is 13.5. The van der Waals surface area contributed by atoms with E-state index >= 15 is 0 Å². The standard InChI is InChI=1S/2C16H13.2C13H15.2C2H6Si.2ClH.2Ti/c2*1-12-10-14-8-5-9-15(16(14)11-12)13-6-3-2-4-7-13;2*1-9(2)12-6-4-5-11-7-10(3)8-13(11)12;2*1-3-2;;;;/h2*2-11H,1H3;2*4-9H,1-3H3;2*1-2H3;2*1H;;/q4*-1;;;;;2*+2/p-2. The second-order valence-corrected chi connectivity index (χ2v) is 31.9. The Bertz CT molecular complexity index is 2890. The molecule has 0 unspecified atom stereocenters. The maximum absolute atomic E-state index is 2.28. The number of hydrogen-bond acceptors (Lipinski definition) is 0. The Kier molecular flexibility index (Phi) is 24.8. The third-order valence-electron chi connectivity index (χ3n) is 11.1. The summed E-state index contributed by atoms with van der Waals surface area (Å²) in [4.78, 5) is 0. The fourth-order valence-corrected chi connectivity index (χ4v) is 8.33. The summed E-state index contributed by atoms with van der Waals surface area (Å²) in [6.45, 7) is 26.7. The molecule has 348 valence electrons. The first kappa shape index (κ1) is 58.5. The van der Waals surface area contributed by atoms with E-state index in [1.165, 1.54) is 98.7 Å². The maximum atomic E-state index is 2.28. The first-order valence-corrected chi connectivity index (χ1v) is 33.0. The van der Waals surface area contributed by atoms with Crippen molar-refractivity contribution >= 4 is 55.5 Å². The molecule has 68 heavy (non-hydrogen) atoms. The Labute approximate surface area is 445 Å². The molecule has 0 nitrogen and oxygen atoms in total. The number of hydrogen-bond donors (Lipinski definition) is 0. The molecule has 6 heteroatoms. The van der Waals surface area contributed by atoms with Crippen molar-refractivity contribution in [2.24, 2.45) is 0 Å². The van der Waals surface area contributed by atoms with E-state index in [2.05, 4.69) is 302 Å². The van der Waals surface area contributed by atoms with Crippen molar-refractivity contribution in [3.63, 3.8) is 0 Å². The largest absolute Gasteiger partial charge is 1.00 e. The van der Waals surface area contributed by atoms with Crippen LogP contribution in [0.5, 0.6) is 0 Å². The molecule has 0 aliphatic rings. The molecule has 0 amide bonds. The minimum Gasteiger partial charge on any atom is -1.00 e. The molecule has 0 aliphatic carbocycles. The zero-order valence-corrected chi connectivity index (χ0v) is 48.9. The molecule has 0 radical (unpaired) electrons. The van der Waals surface area contributed by atoms with Crippen molar-refractivity contribution in [2.75, 3.05) is 0 Å². The van der Waals surface area contributed by atoms with Crippen LogP contribution in [0, 0.1) is 27.7 Å². The Balaban J connectivity index is 0.000000227. The minimum atomic E-state index is 0. The van der Waals surface area contributed by atoms with Gasteiger partial charge in [0.05, 0.1) is 0 Å². The third-order valence-corrected chi connectivity index (χ3v) is 11.1. The van der Waals surface area contributed by atoms with Crippen LogP contribution in [-0.4, -0.2) is 12.4 Å². The molecule has 0 aliphatic heterocycles. The zero-order chi connectivity index (χ0) is 47.9. The molecule has 0 saturated heterocycles. The number of benzene rings is 6. The average molecular weight is 1040 g/mol. The molecular weight excluding hydrogens is 967 g/mol. The summed E-state index contributed by atoms with van der Waals surface area (Å²) in [7, 11) is 0. The molecule has 0 bridgehead atoms. The SMILES string of the molecule is C[Si](C)=[Ti+2].C[Si](C)=[Ti+2].Cc1cc2c(-c3ccccc3)cccc2[cH-]1.Cc1cc2c(-c3ccccc3)cccc2[cH-]1.Cc1cc2c(C(C)C)cccc2[cH-]1.Cc1cc2c(C(C)C)cccc2[cH-]1.[Cl-].[Cl-]. The van der Waals surface area contributed by atoms with Crippen molar-refractivity contribution in [3.05, 3.63) is 215 Å². The second kappa shape index (κ2) is 28.8. The smallest absolute Gasteiger partial charge is 0.0279 e. The van der Waals surface area contributed by atoms with Crippen molar-refractivity contribution in [1.82, 2.24) is 0 Å². The van der Waals surface area contributed by atoms with Crippen LogP contribution in [-0.2, 0) is 38.3 Å². The second-order valence-electron chi connectivity index (χ2n) is 18.5. The summed E-state index contributed by atoms with van der Waals surface area (Å²) in [6.07, 6.45) is 0.241. The van der Waals surface area contributed by atoms with E-state index in [4.69, 9.17) is 0 Å². The molecule has 10 aromatic carbocycles. The third kappa shape index (κ3) is 17.3. The van der Waals surface area contributed by atoms with Gasteiger partial charge in [0.2, 0.25) is 0 Å². The molecule has 0 fully saturated rings. The van der Waals surface area contributed by atoms with Crippen molar-refractivity contribution < 1.29 is 63.2 Å². The van der Waals surface area contributed by atoms with Gasteiger partial charge in [-0.3, -0.25) is 0 Å². The summed E-state index contributed by atoms with van der Waals surface area (Å²) < 4.78 is 0. The average Bonchev–Trinajstić information content (AvgIpc) is 4.06. The fourth-order valence-electron chi connectivity index (χ4n) is 8.33. The predicted molar refractivity (Wildman–Crippen MR) is 291 cm³/mol. The van der Waals surface area contributed by atoms with Crippen LogP contribution in [0.1, 0.15) is 72.9 Å². The van der Waals surface area contributed by atoms with E-state index < -0.39 is 0 Å². The van der Waals surface area contributed by atoms with E-state index in [0.29, 0.717) is 11.8 Å². The monoisotopic (exact) mass is 1030 g/mol. The fraction of sp³-hybridized carbons (Fsp3) is 0.226. The molecule has 0 spiro atoms. The number of fused-ring (bicyclic) bond motifs is 4. The van der Waals surface area contributed by atoms with Crippen LogP contribution >= 0.6 is 0 Å². The van der Waals surface area contributed by atoms with E-state index in [9.17, 15) is 0 Å². The van der Waals surface area contributed by atoms with Crippen molar-refractivity contribution in [1.29, 1.82) is 0 Å². The van der Waals surface area contributed by atoms with Crippen LogP contribution in [0.25, 0.3) is 65.3 Å². The van der Waals surface area contributed by atoms with E-state index in [1.54, 1.807) is 0 Å². The summed E-state index contributed by atoms with van der Waals surface area (Å²) in [5.74, 6) is 1.23. The summed E-state index contributed by atoms with van der Waals surface area (Å²) in [5, 5.41) is 11.0. The first-order chi connectivity index (χ1) is 31.5. The topological polar surface area (TPSA) is 0 Å². The van der Waals surface area contributed by atoms with Crippen LogP contribution in [0.4, 0.5) is 0 Å². The number of halogens is 2. The van der Waals surface area contributed by atoms with Crippen molar-refractivity contribution in [3.8, 4) is 22.3 Å². The minimum absolute atomic E-state index is 0. The zero-order valence-electron chi connectivity index (χ0n) is 42.2. The molecule has 0 N–H and O–H groups in total. The van der Waals surface area contributed by atoms with Crippen LogP contribution in [0.3, 0.4) is 0 Å². The predicted octanol–water partition coefficient (Wildman–Crippen LogP) is 12.6. The van der Waals surface area contributed by atoms with Gasteiger partial charge in [-0.15, -0.1) is 138 Å². The van der Waals surface area contributed by atoms with Gasteiger partial charge in [0, 0.05) is 0 Å². The molecule has 10 aromatic rings. The molecule has 0 aromatic heterocycles. The number of aryl methyl sites for hydroxylation is 4. The number of rotatable bonds is 4. The van der Waals surface area contributed by atoms with Crippen LogP contribution in [0.2, 0.25) is 26.2 Å². The summed E-state index contributed by atoms with van der Waals surface area (Å²) in [6, 6.07) is 65.3. The quantitative estimate of drug-likeness (QED) is 0.122. The van der Waals surface area contributed by atoms with Crippen LogP contribution < -0.4 is 24.8 Å². The van der Waals surface area contributed by atoms with Gasteiger partial charge in [-0.1, -0.05) is 163 Å². The van der Waals surface area contributed by atoms with Gasteiger partial charge >= 0.3 is 76.9 Å². The van der Waals surface area contributed by atoms with Gasteiger partial charge in [0.15, 0.2) is 0 Å². The van der Waals surface area contributed by atoms with Gasteiger partial charge in [-0.05, 0) is 23.0 Å². The molecule has 0 saturated carbocycles. The molecular formula is C62H68Cl2Si2Ti2-2.